The number of rotatable bonds is 12. The topological polar surface area (TPSA) is 83.5 Å². The fraction of sp³-hybridized carbons (Fsp3) is 0.950. The molecule has 7 heteroatoms. The highest BCUT2D eigenvalue weighted by Crippen LogP contribution is 2.62. The molecule has 0 aromatic rings. The van der Waals surface area contributed by atoms with E-state index in [9.17, 15) is 9.90 Å². The Morgan fingerprint density at radius 1 is 1.00 bits per heavy atom. The zero-order valence-electron chi connectivity index (χ0n) is 16.6. The SMILES string of the molecule is COCCOCCOCCOC(C)OC(=O)C12CC3CC(CC(O)(C3)C1)C2. The molecule has 0 aliphatic heterocycles. The van der Waals surface area contributed by atoms with Gasteiger partial charge in [0, 0.05) is 7.11 Å². The number of carbonyl (C=O) groups excluding carboxylic acids is 1. The highest BCUT2D eigenvalue weighted by Gasteiger charge is 2.61. The van der Waals surface area contributed by atoms with Gasteiger partial charge in [-0.05, 0) is 57.3 Å². The van der Waals surface area contributed by atoms with Crippen molar-refractivity contribution in [1.82, 2.24) is 0 Å². The lowest BCUT2D eigenvalue weighted by Crippen LogP contribution is -2.58. The lowest BCUT2D eigenvalue weighted by Gasteiger charge is -2.58. The average molecular weight is 386 g/mol. The van der Waals surface area contributed by atoms with Crippen LogP contribution in [0.25, 0.3) is 0 Å². The molecule has 3 atom stereocenters. The second-order valence-electron chi connectivity index (χ2n) is 8.53. The Balaban J connectivity index is 1.32. The van der Waals surface area contributed by atoms with Crippen LogP contribution in [0.4, 0.5) is 0 Å². The van der Waals surface area contributed by atoms with E-state index in [1.54, 1.807) is 14.0 Å². The number of hydrogen-bond acceptors (Lipinski definition) is 7. The molecule has 1 N–H and O–H groups in total. The maximum absolute atomic E-state index is 12.8. The highest BCUT2D eigenvalue weighted by molar-refractivity contribution is 5.78. The lowest BCUT2D eigenvalue weighted by molar-refractivity contribution is -0.216. The van der Waals surface area contributed by atoms with Gasteiger partial charge in [-0.15, -0.1) is 0 Å². The highest BCUT2D eigenvalue weighted by atomic mass is 16.7. The molecule has 0 radical (unpaired) electrons. The predicted octanol–water partition coefficient (Wildman–Crippen LogP) is 1.90. The van der Waals surface area contributed by atoms with Gasteiger partial charge in [-0.3, -0.25) is 4.79 Å². The standard InChI is InChI=1S/C20H34O7/c1-15(26-8-7-25-6-5-24-4-3-23-2)27-18(21)19-10-16-9-17(11-19)13-20(22,12-16)14-19/h15-17,22H,3-14H2,1-2H3. The fourth-order valence-electron chi connectivity index (χ4n) is 5.50. The molecule has 4 aliphatic rings. The second kappa shape index (κ2) is 9.18. The van der Waals surface area contributed by atoms with Crippen LogP contribution in [-0.4, -0.2) is 69.7 Å². The molecule has 7 nitrogen and oxygen atoms in total. The van der Waals surface area contributed by atoms with Gasteiger partial charge >= 0.3 is 5.97 Å². The Kier molecular flexibility index (Phi) is 7.14. The molecule has 4 aliphatic carbocycles. The molecule has 4 saturated carbocycles. The van der Waals surface area contributed by atoms with E-state index in [2.05, 4.69) is 0 Å². The van der Waals surface area contributed by atoms with Gasteiger partial charge in [0.1, 0.15) is 0 Å². The van der Waals surface area contributed by atoms with Crippen molar-refractivity contribution in [3.63, 3.8) is 0 Å². The van der Waals surface area contributed by atoms with Crippen LogP contribution in [0, 0.1) is 17.3 Å². The van der Waals surface area contributed by atoms with Gasteiger partial charge in [0.2, 0.25) is 0 Å². The Morgan fingerprint density at radius 3 is 2.19 bits per heavy atom. The summed E-state index contributed by atoms with van der Waals surface area (Å²) >= 11 is 0. The monoisotopic (exact) mass is 386 g/mol. The summed E-state index contributed by atoms with van der Waals surface area (Å²) in [6.07, 6.45) is 4.48. The summed E-state index contributed by atoms with van der Waals surface area (Å²) in [6, 6.07) is 0. The van der Waals surface area contributed by atoms with Crippen molar-refractivity contribution in [2.75, 3.05) is 46.8 Å². The number of ether oxygens (including phenoxy) is 5. The minimum absolute atomic E-state index is 0.199. The predicted molar refractivity (Wildman–Crippen MR) is 97.1 cm³/mol. The summed E-state index contributed by atoms with van der Waals surface area (Å²) in [4.78, 5) is 12.8. The molecular weight excluding hydrogens is 352 g/mol. The molecule has 156 valence electrons. The van der Waals surface area contributed by atoms with Crippen LogP contribution in [0.2, 0.25) is 0 Å². The summed E-state index contributed by atoms with van der Waals surface area (Å²) in [7, 11) is 1.64. The van der Waals surface area contributed by atoms with E-state index in [-0.39, 0.29) is 5.97 Å². The number of esters is 1. The van der Waals surface area contributed by atoms with Crippen LogP contribution in [0.5, 0.6) is 0 Å². The van der Waals surface area contributed by atoms with Crippen molar-refractivity contribution in [2.45, 2.75) is 57.3 Å². The van der Waals surface area contributed by atoms with Gasteiger partial charge in [-0.1, -0.05) is 0 Å². The van der Waals surface area contributed by atoms with E-state index < -0.39 is 17.3 Å². The number of hydrogen-bond donors (Lipinski definition) is 1. The normalized spacial score (nSPS) is 35.4. The van der Waals surface area contributed by atoms with Crippen LogP contribution >= 0.6 is 0 Å². The summed E-state index contributed by atoms with van der Waals surface area (Å²) in [5.41, 5.74) is -1.17. The Hall–Kier alpha value is -0.730. The van der Waals surface area contributed by atoms with E-state index >= 15 is 0 Å². The maximum atomic E-state index is 12.8. The summed E-state index contributed by atoms with van der Waals surface area (Å²) < 4.78 is 26.7. The Bertz CT molecular complexity index is 481. The molecule has 0 amide bonds. The minimum Gasteiger partial charge on any atom is -0.436 e. The molecule has 0 spiro atoms. The van der Waals surface area contributed by atoms with Gasteiger partial charge in [0.05, 0.1) is 50.7 Å². The van der Waals surface area contributed by atoms with E-state index in [1.165, 1.54) is 0 Å². The van der Waals surface area contributed by atoms with E-state index in [4.69, 9.17) is 23.7 Å². The number of methoxy groups -OCH3 is 1. The van der Waals surface area contributed by atoms with Crippen molar-refractivity contribution in [2.24, 2.45) is 17.3 Å². The van der Waals surface area contributed by atoms with Crippen LogP contribution in [0.15, 0.2) is 0 Å². The maximum Gasteiger partial charge on any atom is 0.314 e. The Labute approximate surface area is 161 Å². The van der Waals surface area contributed by atoms with Crippen LogP contribution in [-0.2, 0) is 28.5 Å². The van der Waals surface area contributed by atoms with Crippen molar-refractivity contribution >= 4 is 5.97 Å². The first-order valence-electron chi connectivity index (χ1n) is 10.1. The first kappa shape index (κ1) is 21.0. The molecule has 0 heterocycles. The van der Waals surface area contributed by atoms with E-state index in [0.29, 0.717) is 57.9 Å². The lowest BCUT2D eigenvalue weighted by atomic mass is 9.48. The Morgan fingerprint density at radius 2 is 1.59 bits per heavy atom. The molecule has 3 unspecified atom stereocenters. The van der Waals surface area contributed by atoms with Crippen molar-refractivity contribution in [3.8, 4) is 0 Å². The average Bonchev–Trinajstić information content (AvgIpc) is 2.58. The van der Waals surface area contributed by atoms with Gasteiger partial charge < -0.3 is 28.8 Å². The third kappa shape index (κ3) is 5.41. The summed E-state index contributed by atoms with van der Waals surface area (Å²) in [5.74, 6) is 0.717. The number of aliphatic hydroxyl groups is 1. The molecule has 4 rings (SSSR count). The molecule has 4 bridgehead atoms. The van der Waals surface area contributed by atoms with Gasteiger partial charge in [-0.25, -0.2) is 0 Å². The van der Waals surface area contributed by atoms with Gasteiger partial charge in [0.25, 0.3) is 0 Å². The second-order valence-corrected chi connectivity index (χ2v) is 8.53. The largest absolute Gasteiger partial charge is 0.436 e. The van der Waals surface area contributed by atoms with Gasteiger partial charge in [-0.2, -0.15) is 0 Å². The molecule has 27 heavy (non-hydrogen) atoms. The van der Waals surface area contributed by atoms with Crippen LogP contribution < -0.4 is 0 Å². The molecular formula is C20H34O7. The first-order valence-corrected chi connectivity index (χ1v) is 10.1. The molecule has 0 aromatic carbocycles. The van der Waals surface area contributed by atoms with Crippen LogP contribution in [0.3, 0.4) is 0 Å². The first-order chi connectivity index (χ1) is 12.9. The summed E-state index contributed by atoms with van der Waals surface area (Å²) in [6.45, 7) is 4.65. The van der Waals surface area contributed by atoms with Crippen LogP contribution in [0.1, 0.15) is 45.4 Å². The molecule has 0 aromatic heterocycles. The molecule has 4 fully saturated rings. The molecule has 0 saturated heterocycles. The zero-order chi connectivity index (χ0) is 19.3. The van der Waals surface area contributed by atoms with Crippen molar-refractivity contribution in [1.29, 1.82) is 0 Å². The minimum atomic E-state index is -0.660. The zero-order valence-corrected chi connectivity index (χ0v) is 16.6. The van der Waals surface area contributed by atoms with Crippen molar-refractivity contribution < 1.29 is 33.6 Å². The number of carbonyl (C=O) groups is 1. The van der Waals surface area contributed by atoms with E-state index in [1.807, 2.05) is 0 Å². The van der Waals surface area contributed by atoms with Gasteiger partial charge in [0.15, 0.2) is 6.29 Å². The quantitative estimate of drug-likeness (QED) is 0.312. The third-order valence-electron chi connectivity index (χ3n) is 6.12. The van der Waals surface area contributed by atoms with E-state index in [0.717, 1.165) is 32.1 Å². The van der Waals surface area contributed by atoms with Crippen molar-refractivity contribution in [3.05, 3.63) is 0 Å². The fourth-order valence-corrected chi connectivity index (χ4v) is 5.50. The third-order valence-corrected chi connectivity index (χ3v) is 6.12. The summed E-state index contributed by atoms with van der Waals surface area (Å²) in [5, 5.41) is 10.8. The smallest absolute Gasteiger partial charge is 0.314 e.